The highest BCUT2D eigenvalue weighted by Crippen LogP contribution is 2.12. The van der Waals surface area contributed by atoms with Gasteiger partial charge in [0.1, 0.15) is 0 Å². The van der Waals surface area contributed by atoms with Crippen molar-refractivity contribution in [2.45, 2.75) is 27.2 Å². The fourth-order valence-corrected chi connectivity index (χ4v) is 1.86. The van der Waals surface area contributed by atoms with Gasteiger partial charge < -0.3 is 5.11 Å². The van der Waals surface area contributed by atoms with Crippen molar-refractivity contribution >= 4 is 17.7 Å². The highest BCUT2D eigenvalue weighted by atomic mass is 32.2. The summed E-state index contributed by atoms with van der Waals surface area (Å²) in [5, 5.41) is 8.58. The van der Waals surface area contributed by atoms with E-state index in [2.05, 4.69) is 13.8 Å². The summed E-state index contributed by atoms with van der Waals surface area (Å²) >= 11 is 1.84. The molecule has 0 spiro atoms. The fourth-order valence-electron chi connectivity index (χ4n) is 0.703. The van der Waals surface area contributed by atoms with Crippen LogP contribution in [0, 0.1) is 11.8 Å². The summed E-state index contributed by atoms with van der Waals surface area (Å²) in [7, 11) is 0. The monoisotopic (exact) mass is 190 g/mol. The van der Waals surface area contributed by atoms with Gasteiger partial charge >= 0.3 is 5.97 Å². The maximum Gasteiger partial charge on any atom is 0.306 e. The van der Waals surface area contributed by atoms with Crippen molar-refractivity contribution in [1.29, 1.82) is 0 Å². The normalized spacial score (nSPS) is 13.3. The second-order valence-corrected chi connectivity index (χ2v) is 4.65. The molecule has 0 radical (unpaired) electrons. The molecule has 1 atom stereocenters. The molecule has 0 aliphatic heterocycles. The van der Waals surface area contributed by atoms with Crippen molar-refractivity contribution in [1.82, 2.24) is 0 Å². The van der Waals surface area contributed by atoms with Crippen LogP contribution in [-0.4, -0.2) is 22.6 Å². The average Bonchev–Trinajstić information content (AvgIpc) is 1.97. The van der Waals surface area contributed by atoms with Crippen molar-refractivity contribution in [2.24, 2.45) is 11.8 Å². The molecule has 0 aromatic rings. The Kier molecular flexibility index (Phi) is 6.25. The highest BCUT2D eigenvalue weighted by molar-refractivity contribution is 7.99. The molecule has 1 N–H and O–H groups in total. The van der Waals surface area contributed by atoms with Gasteiger partial charge in [-0.3, -0.25) is 4.79 Å². The Hall–Kier alpha value is -0.180. The van der Waals surface area contributed by atoms with Crippen LogP contribution >= 0.6 is 11.8 Å². The van der Waals surface area contributed by atoms with Gasteiger partial charge in [-0.1, -0.05) is 20.8 Å². The summed E-state index contributed by atoms with van der Waals surface area (Å²) in [5.41, 5.74) is 0. The molecule has 0 amide bonds. The lowest BCUT2D eigenvalue weighted by Gasteiger charge is -2.06. The van der Waals surface area contributed by atoms with Crippen molar-refractivity contribution in [3.63, 3.8) is 0 Å². The number of aliphatic carboxylic acids is 1. The van der Waals surface area contributed by atoms with Crippen LogP contribution in [0.25, 0.3) is 0 Å². The van der Waals surface area contributed by atoms with E-state index in [-0.39, 0.29) is 5.92 Å². The molecule has 0 aromatic heterocycles. The predicted molar refractivity (Wildman–Crippen MR) is 53.6 cm³/mol. The Morgan fingerprint density at radius 3 is 2.42 bits per heavy atom. The number of hydrogen-bond acceptors (Lipinski definition) is 2. The third-order valence-corrected chi connectivity index (χ3v) is 2.99. The van der Waals surface area contributed by atoms with E-state index >= 15 is 0 Å². The Morgan fingerprint density at radius 2 is 2.00 bits per heavy atom. The maximum atomic E-state index is 10.4. The number of carbonyl (C=O) groups is 1. The molecule has 0 saturated heterocycles. The SMILES string of the molecule is CC(C)CSCC[C@H](C)C(=O)O. The largest absolute Gasteiger partial charge is 0.481 e. The molecule has 0 aliphatic carbocycles. The van der Waals surface area contributed by atoms with Crippen LogP contribution in [0.5, 0.6) is 0 Å². The van der Waals surface area contributed by atoms with Crippen LogP contribution in [0.4, 0.5) is 0 Å². The second kappa shape index (κ2) is 6.35. The number of rotatable bonds is 6. The summed E-state index contributed by atoms with van der Waals surface area (Å²) in [6.07, 6.45) is 0.784. The van der Waals surface area contributed by atoms with Crippen molar-refractivity contribution < 1.29 is 9.90 Å². The Morgan fingerprint density at radius 1 is 1.42 bits per heavy atom. The third kappa shape index (κ3) is 6.53. The molecule has 0 unspecified atom stereocenters. The minimum Gasteiger partial charge on any atom is -0.481 e. The zero-order valence-corrected chi connectivity index (χ0v) is 8.86. The van der Waals surface area contributed by atoms with E-state index in [9.17, 15) is 4.79 Å². The van der Waals surface area contributed by atoms with Gasteiger partial charge in [0.05, 0.1) is 5.92 Å². The number of hydrogen-bond donors (Lipinski definition) is 1. The fraction of sp³-hybridized carbons (Fsp3) is 0.889. The first-order chi connectivity index (χ1) is 5.54. The minimum absolute atomic E-state index is 0.190. The van der Waals surface area contributed by atoms with Gasteiger partial charge in [0.15, 0.2) is 0 Å². The molecule has 0 bridgehead atoms. The number of carboxylic acids is 1. The smallest absolute Gasteiger partial charge is 0.306 e. The summed E-state index contributed by atoms with van der Waals surface area (Å²) in [5.74, 6) is 1.93. The molecule has 0 aromatic carbocycles. The van der Waals surface area contributed by atoms with Crippen LogP contribution in [0.15, 0.2) is 0 Å². The van der Waals surface area contributed by atoms with Gasteiger partial charge in [0.2, 0.25) is 0 Å². The van der Waals surface area contributed by atoms with Crippen LogP contribution in [0.1, 0.15) is 27.2 Å². The van der Waals surface area contributed by atoms with Crippen LogP contribution in [0.2, 0.25) is 0 Å². The molecular weight excluding hydrogens is 172 g/mol. The molecule has 0 aliphatic rings. The van der Waals surface area contributed by atoms with E-state index in [4.69, 9.17) is 5.11 Å². The van der Waals surface area contributed by atoms with E-state index in [1.165, 1.54) is 0 Å². The van der Waals surface area contributed by atoms with Gasteiger partial charge in [0, 0.05) is 0 Å². The van der Waals surface area contributed by atoms with E-state index < -0.39 is 5.97 Å². The Labute approximate surface area is 78.7 Å². The molecule has 0 heterocycles. The average molecular weight is 190 g/mol. The van der Waals surface area contributed by atoms with Crippen LogP contribution in [-0.2, 0) is 4.79 Å². The molecule has 12 heavy (non-hydrogen) atoms. The zero-order chi connectivity index (χ0) is 9.56. The van der Waals surface area contributed by atoms with Gasteiger partial charge in [-0.2, -0.15) is 11.8 Å². The predicted octanol–water partition coefficient (Wildman–Crippen LogP) is 2.49. The quantitative estimate of drug-likeness (QED) is 0.654. The van der Waals surface area contributed by atoms with E-state index in [0.29, 0.717) is 5.92 Å². The van der Waals surface area contributed by atoms with E-state index in [1.54, 1.807) is 6.92 Å². The summed E-state index contributed by atoms with van der Waals surface area (Å²) in [6, 6.07) is 0. The molecule has 3 heteroatoms. The molecule has 72 valence electrons. The van der Waals surface area contributed by atoms with Crippen molar-refractivity contribution in [2.75, 3.05) is 11.5 Å². The molecule has 2 nitrogen and oxygen atoms in total. The number of thioether (sulfide) groups is 1. The minimum atomic E-state index is -0.680. The summed E-state index contributed by atoms with van der Waals surface area (Å²) in [6.45, 7) is 6.11. The van der Waals surface area contributed by atoms with Crippen LogP contribution in [0.3, 0.4) is 0 Å². The van der Waals surface area contributed by atoms with Gasteiger partial charge in [-0.25, -0.2) is 0 Å². The van der Waals surface area contributed by atoms with Crippen LogP contribution < -0.4 is 0 Å². The van der Waals surface area contributed by atoms with E-state index in [1.807, 2.05) is 11.8 Å². The second-order valence-electron chi connectivity index (χ2n) is 3.50. The number of carboxylic acid groups (broad SMARTS) is 1. The summed E-state index contributed by atoms with van der Waals surface area (Å²) < 4.78 is 0. The Balaban J connectivity index is 3.25. The standard InChI is InChI=1S/C9H18O2S/c1-7(2)6-12-5-4-8(3)9(10)11/h7-8H,4-6H2,1-3H3,(H,10,11)/t8-/m0/s1. The topological polar surface area (TPSA) is 37.3 Å². The molecule has 0 rings (SSSR count). The van der Waals surface area contributed by atoms with Crippen molar-refractivity contribution in [3.05, 3.63) is 0 Å². The summed E-state index contributed by atoms with van der Waals surface area (Å²) in [4.78, 5) is 10.4. The first-order valence-corrected chi connectivity index (χ1v) is 5.50. The van der Waals surface area contributed by atoms with Gasteiger partial charge in [-0.15, -0.1) is 0 Å². The molecule has 0 fully saturated rings. The lowest BCUT2D eigenvalue weighted by Crippen LogP contribution is -2.10. The lowest BCUT2D eigenvalue weighted by molar-refractivity contribution is -0.141. The lowest BCUT2D eigenvalue weighted by atomic mass is 10.1. The Bertz CT molecular complexity index is 134. The van der Waals surface area contributed by atoms with Gasteiger partial charge in [0.25, 0.3) is 0 Å². The first-order valence-electron chi connectivity index (χ1n) is 4.34. The van der Waals surface area contributed by atoms with Crippen molar-refractivity contribution in [3.8, 4) is 0 Å². The third-order valence-electron chi connectivity index (χ3n) is 1.57. The first kappa shape index (κ1) is 11.8. The van der Waals surface area contributed by atoms with Gasteiger partial charge in [-0.05, 0) is 23.8 Å². The molecular formula is C9H18O2S. The zero-order valence-electron chi connectivity index (χ0n) is 8.04. The highest BCUT2D eigenvalue weighted by Gasteiger charge is 2.09. The van der Waals surface area contributed by atoms with E-state index in [0.717, 1.165) is 17.9 Å². The maximum absolute atomic E-state index is 10.4. The molecule has 0 saturated carbocycles.